The van der Waals surface area contributed by atoms with E-state index in [1.165, 1.54) is 11.3 Å². The van der Waals surface area contributed by atoms with Crippen LogP contribution in [0.15, 0.2) is 32.9 Å². The van der Waals surface area contributed by atoms with Gasteiger partial charge in [0.1, 0.15) is 5.69 Å². The molecule has 0 aliphatic heterocycles. The minimum Gasteiger partial charge on any atom is -0.463 e. The standard InChI is InChI=1S/C8H4BrN3OS/c9-7-11-12-4-5(10-8(12)14-7)6-2-1-3-13-6/h1-4H. The Balaban J connectivity index is 2.20. The molecule has 0 unspecified atom stereocenters. The quantitative estimate of drug-likeness (QED) is 0.682. The van der Waals surface area contributed by atoms with E-state index in [0.717, 1.165) is 20.3 Å². The van der Waals surface area contributed by atoms with Gasteiger partial charge < -0.3 is 4.42 Å². The summed E-state index contributed by atoms with van der Waals surface area (Å²) in [5, 5.41) is 4.19. The number of rotatable bonds is 1. The number of aromatic nitrogens is 3. The van der Waals surface area contributed by atoms with Crippen molar-refractivity contribution in [2.45, 2.75) is 0 Å². The lowest BCUT2D eigenvalue weighted by Gasteiger charge is -1.84. The Kier molecular flexibility index (Phi) is 1.71. The first kappa shape index (κ1) is 8.19. The minimum atomic E-state index is 0.763. The van der Waals surface area contributed by atoms with Crippen LogP contribution in [0.1, 0.15) is 0 Å². The van der Waals surface area contributed by atoms with E-state index in [1.54, 1.807) is 10.8 Å². The van der Waals surface area contributed by atoms with Gasteiger partial charge in [-0.3, -0.25) is 0 Å². The number of fused-ring (bicyclic) bond motifs is 1. The van der Waals surface area contributed by atoms with Gasteiger partial charge in [-0.1, -0.05) is 11.3 Å². The molecule has 3 aromatic rings. The second kappa shape index (κ2) is 2.93. The maximum absolute atomic E-state index is 5.24. The number of furan rings is 1. The van der Waals surface area contributed by atoms with Gasteiger partial charge in [0.25, 0.3) is 0 Å². The van der Waals surface area contributed by atoms with E-state index in [9.17, 15) is 0 Å². The third kappa shape index (κ3) is 1.18. The predicted molar refractivity (Wildman–Crippen MR) is 56.3 cm³/mol. The van der Waals surface area contributed by atoms with E-state index in [-0.39, 0.29) is 0 Å². The number of nitrogens with zero attached hydrogens (tertiary/aromatic N) is 3. The van der Waals surface area contributed by atoms with Crippen LogP contribution >= 0.6 is 27.3 Å². The third-order valence-corrected chi connectivity index (χ3v) is 3.15. The molecule has 3 heterocycles. The van der Waals surface area contributed by atoms with E-state index >= 15 is 0 Å². The zero-order valence-corrected chi connectivity index (χ0v) is 9.25. The number of hydrogen-bond donors (Lipinski definition) is 0. The molecule has 0 radical (unpaired) electrons. The van der Waals surface area contributed by atoms with E-state index in [0.29, 0.717) is 0 Å². The highest BCUT2D eigenvalue weighted by molar-refractivity contribution is 9.11. The molecule has 14 heavy (non-hydrogen) atoms. The summed E-state index contributed by atoms with van der Waals surface area (Å²) in [6, 6.07) is 3.72. The van der Waals surface area contributed by atoms with Crippen LogP contribution in [0.4, 0.5) is 0 Å². The topological polar surface area (TPSA) is 43.3 Å². The molecule has 4 nitrogen and oxygen atoms in total. The van der Waals surface area contributed by atoms with Gasteiger partial charge >= 0.3 is 0 Å². The molecule has 0 fully saturated rings. The van der Waals surface area contributed by atoms with Crippen LogP contribution < -0.4 is 0 Å². The van der Waals surface area contributed by atoms with Crippen LogP contribution in [0, 0.1) is 0 Å². The molecule has 0 N–H and O–H groups in total. The Morgan fingerprint density at radius 2 is 2.43 bits per heavy atom. The van der Waals surface area contributed by atoms with Crippen LogP contribution in [0.3, 0.4) is 0 Å². The van der Waals surface area contributed by atoms with Crippen molar-refractivity contribution in [3.8, 4) is 11.5 Å². The Morgan fingerprint density at radius 1 is 1.50 bits per heavy atom. The van der Waals surface area contributed by atoms with Gasteiger partial charge in [0, 0.05) is 0 Å². The van der Waals surface area contributed by atoms with Crippen LogP contribution in [0.5, 0.6) is 0 Å². The van der Waals surface area contributed by atoms with Crippen molar-refractivity contribution in [3.63, 3.8) is 0 Å². The van der Waals surface area contributed by atoms with Crippen LogP contribution in [0.25, 0.3) is 16.4 Å². The molecule has 3 rings (SSSR count). The van der Waals surface area contributed by atoms with Crippen LogP contribution in [-0.4, -0.2) is 14.6 Å². The highest BCUT2D eigenvalue weighted by Crippen LogP contribution is 2.24. The first-order valence-corrected chi connectivity index (χ1v) is 5.49. The lowest BCUT2D eigenvalue weighted by molar-refractivity contribution is 0.580. The first-order valence-electron chi connectivity index (χ1n) is 3.88. The molecule has 70 valence electrons. The van der Waals surface area contributed by atoms with E-state index in [4.69, 9.17) is 4.42 Å². The zero-order valence-electron chi connectivity index (χ0n) is 6.85. The van der Waals surface area contributed by atoms with Crippen molar-refractivity contribution in [2.75, 3.05) is 0 Å². The fourth-order valence-electron chi connectivity index (χ4n) is 1.22. The fourth-order valence-corrected chi connectivity index (χ4v) is 2.43. The number of hydrogen-bond acceptors (Lipinski definition) is 4. The maximum Gasteiger partial charge on any atom is 0.213 e. The van der Waals surface area contributed by atoms with Crippen LogP contribution in [0.2, 0.25) is 0 Å². The van der Waals surface area contributed by atoms with Crippen LogP contribution in [-0.2, 0) is 0 Å². The van der Waals surface area contributed by atoms with Gasteiger partial charge in [-0.05, 0) is 28.1 Å². The first-order chi connectivity index (χ1) is 6.83. The second-order valence-corrected chi connectivity index (χ2v) is 4.92. The van der Waals surface area contributed by atoms with E-state index < -0.39 is 0 Å². The SMILES string of the molecule is Brc1nn2cc(-c3ccco3)nc2s1. The molecule has 6 heteroatoms. The summed E-state index contributed by atoms with van der Waals surface area (Å²) in [6.45, 7) is 0. The minimum absolute atomic E-state index is 0.763. The van der Waals surface area contributed by atoms with Gasteiger partial charge in [0.15, 0.2) is 9.68 Å². The maximum atomic E-state index is 5.24. The van der Waals surface area contributed by atoms with E-state index in [2.05, 4.69) is 26.0 Å². The Labute approximate surface area is 91.3 Å². The summed E-state index contributed by atoms with van der Waals surface area (Å²) < 4.78 is 7.79. The third-order valence-electron chi connectivity index (χ3n) is 1.79. The van der Waals surface area contributed by atoms with Crippen molar-refractivity contribution in [3.05, 3.63) is 28.5 Å². The smallest absolute Gasteiger partial charge is 0.213 e. The average Bonchev–Trinajstić information content (AvgIpc) is 2.74. The normalized spacial score (nSPS) is 11.2. The van der Waals surface area contributed by atoms with Crippen molar-refractivity contribution >= 4 is 32.2 Å². The van der Waals surface area contributed by atoms with E-state index in [1.807, 2.05) is 18.3 Å². The summed E-state index contributed by atoms with van der Waals surface area (Å²) in [6.07, 6.45) is 3.47. The van der Waals surface area contributed by atoms with Crippen molar-refractivity contribution in [1.82, 2.24) is 14.6 Å². The summed E-state index contributed by atoms with van der Waals surface area (Å²) >= 11 is 4.79. The summed E-state index contributed by atoms with van der Waals surface area (Å²) in [7, 11) is 0. The van der Waals surface area contributed by atoms with Crippen molar-refractivity contribution < 1.29 is 4.42 Å². The molecule has 0 spiro atoms. The van der Waals surface area contributed by atoms with Crippen molar-refractivity contribution in [1.29, 1.82) is 0 Å². The Hall–Kier alpha value is -1.14. The molecule has 0 saturated heterocycles. The molecule has 3 aromatic heterocycles. The summed E-state index contributed by atoms with van der Waals surface area (Å²) in [4.78, 5) is 5.22. The summed E-state index contributed by atoms with van der Waals surface area (Å²) in [5.74, 6) is 0.763. The lowest BCUT2D eigenvalue weighted by atomic mass is 10.4. The fraction of sp³-hybridized carbons (Fsp3) is 0. The predicted octanol–water partition coefficient (Wildman–Crippen LogP) is 2.81. The molecular weight excluding hydrogens is 266 g/mol. The number of halogens is 1. The number of imidazole rings is 1. The van der Waals surface area contributed by atoms with Gasteiger partial charge in [-0.25, -0.2) is 9.50 Å². The second-order valence-electron chi connectivity index (χ2n) is 2.69. The molecule has 0 atom stereocenters. The molecular formula is C8H4BrN3OS. The average molecular weight is 270 g/mol. The molecule has 0 saturated carbocycles. The Morgan fingerprint density at radius 3 is 3.14 bits per heavy atom. The summed E-state index contributed by atoms with van der Waals surface area (Å²) in [5.41, 5.74) is 0.807. The van der Waals surface area contributed by atoms with Gasteiger partial charge in [-0.15, -0.1) is 5.10 Å². The molecule has 0 aliphatic rings. The molecule has 0 bridgehead atoms. The highest BCUT2D eigenvalue weighted by atomic mass is 79.9. The molecule has 0 amide bonds. The molecule has 0 aliphatic carbocycles. The molecule has 0 aromatic carbocycles. The highest BCUT2D eigenvalue weighted by Gasteiger charge is 2.09. The van der Waals surface area contributed by atoms with Crippen molar-refractivity contribution in [2.24, 2.45) is 0 Å². The monoisotopic (exact) mass is 269 g/mol. The largest absolute Gasteiger partial charge is 0.463 e. The lowest BCUT2D eigenvalue weighted by Crippen LogP contribution is -1.77. The zero-order chi connectivity index (χ0) is 9.54. The Bertz CT molecular complexity index is 537. The van der Waals surface area contributed by atoms with Gasteiger partial charge in [0.05, 0.1) is 12.5 Å². The van der Waals surface area contributed by atoms with Gasteiger partial charge in [-0.2, -0.15) is 0 Å². The van der Waals surface area contributed by atoms with Gasteiger partial charge in [0.2, 0.25) is 4.96 Å².